The molecule has 2 atom stereocenters. The molecule has 0 saturated heterocycles. The summed E-state index contributed by atoms with van der Waals surface area (Å²) in [4.78, 5) is 11.3. The average Bonchev–Trinajstić information content (AvgIpc) is 2.61. The van der Waals surface area contributed by atoms with E-state index >= 15 is 0 Å². The molecule has 13 heavy (non-hydrogen) atoms. The first-order chi connectivity index (χ1) is 6.27. The fourth-order valence-corrected chi connectivity index (χ4v) is 1.87. The van der Waals surface area contributed by atoms with Crippen LogP contribution < -0.4 is 0 Å². The molecule has 0 N–H and O–H groups in total. The lowest BCUT2D eigenvalue weighted by molar-refractivity contribution is -0.122. The van der Waals surface area contributed by atoms with Crippen molar-refractivity contribution in [2.75, 3.05) is 0 Å². The van der Waals surface area contributed by atoms with Crippen molar-refractivity contribution in [1.82, 2.24) is 15.0 Å². The Bertz CT molecular complexity index is 294. The highest BCUT2D eigenvalue weighted by Gasteiger charge is 2.27. The maximum atomic E-state index is 11.3. The molecule has 0 bridgehead atoms. The Morgan fingerprint density at radius 1 is 1.62 bits per heavy atom. The number of carbonyl (C=O) groups excluding carboxylic acids is 1. The second-order valence-electron chi connectivity index (χ2n) is 3.71. The van der Waals surface area contributed by atoms with Gasteiger partial charge in [-0.3, -0.25) is 4.79 Å². The van der Waals surface area contributed by atoms with E-state index in [-0.39, 0.29) is 6.04 Å². The van der Waals surface area contributed by atoms with Crippen LogP contribution in [0.4, 0.5) is 0 Å². The molecule has 1 aromatic rings. The summed E-state index contributed by atoms with van der Waals surface area (Å²) in [6.45, 7) is 2.17. The normalized spacial score (nSPS) is 29.2. The maximum Gasteiger partial charge on any atom is 0.135 e. The van der Waals surface area contributed by atoms with E-state index in [2.05, 4.69) is 17.2 Å². The first-order valence-corrected chi connectivity index (χ1v) is 4.65. The monoisotopic (exact) mass is 179 g/mol. The van der Waals surface area contributed by atoms with Crippen LogP contribution in [0.3, 0.4) is 0 Å². The number of aromatic nitrogens is 3. The lowest BCUT2D eigenvalue weighted by Gasteiger charge is -2.27. The van der Waals surface area contributed by atoms with Gasteiger partial charge in [0.2, 0.25) is 0 Å². The molecule has 4 heteroatoms. The predicted molar refractivity (Wildman–Crippen MR) is 47.1 cm³/mol. The Labute approximate surface area is 76.9 Å². The van der Waals surface area contributed by atoms with E-state index < -0.39 is 0 Å². The third kappa shape index (κ3) is 1.61. The fourth-order valence-electron chi connectivity index (χ4n) is 1.87. The van der Waals surface area contributed by atoms with Gasteiger partial charge in [0.25, 0.3) is 0 Å². The minimum atomic E-state index is 0.226. The minimum Gasteiger partial charge on any atom is -0.300 e. The molecule has 1 aliphatic carbocycles. The zero-order chi connectivity index (χ0) is 9.26. The highest BCUT2D eigenvalue weighted by Crippen LogP contribution is 2.30. The van der Waals surface area contributed by atoms with Crippen molar-refractivity contribution >= 4 is 5.78 Å². The van der Waals surface area contributed by atoms with Crippen molar-refractivity contribution in [3.8, 4) is 0 Å². The van der Waals surface area contributed by atoms with Gasteiger partial charge in [-0.2, -0.15) is 0 Å². The van der Waals surface area contributed by atoms with Crippen molar-refractivity contribution in [2.45, 2.75) is 32.2 Å². The molecule has 1 aromatic heterocycles. The van der Waals surface area contributed by atoms with Crippen LogP contribution in [-0.2, 0) is 4.79 Å². The number of carbonyl (C=O) groups is 1. The lowest BCUT2D eigenvalue weighted by atomic mass is 9.85. The molecule has 0 radical (unpaired) electrons. The summed E-state index contributed by atoms with van der Waals surface area (Å²) in [6, 6.07) is 0.226. The van der Waals surface area contributed by atoms with Gasteiger partial charge >= 0.3 is 0 Å². The Morgan fingerprint density at radius 3 is 3.15 bits per heavy atom. The van der Waals surface area contributed by atoms with Crippen LogP contribution in [0.2, 0.25) is 0 Å². The molecule has 0 spiro atoms. The summed E-state index contributed by atoms with van der Waals surface area (Å²) in [7, 11) is 0. The summed E-state index contributed by atoms with van der Waals surface area (Å²) in [6.07, 6.45) is 5.81. The van der Waals surface area contributed by atoms with Crippen LogP contribution in [0.1, 0.15) is 32.2 Å². The molecule has 2 unspecified atom stereocenters. The van der Waals surface area contributed by atoms with Crippen LogP contribution in [0.5, 0.6) is 0 Å². The maximum absolute atomic E-state index is 11.3. The van der Waals surface area contributed by atoms with Crippen molar-refractivity contribution in [2.24, 2.45) is 5.92 Å². The van der Waals surface area contributed by atoms with Crippen molar-refractivity contribution in [3.63, 3.8) is 0 Å². The van der Waals surface area contributed by atoms with E-state index in [1.54, 1.807) is 6.20 Å². The first kappa shape index (κ1) is 8.41. The Morgan fingerprint density at radius 2 is 2.46 bits per heavy atom. The van der Waals surface area contributed by atoms with Crippen LogP contribution in [0, 0.1) is 5.92 Å². The summed E-state index contributed by atoms with van der Waals surface area (Å²) in [5.74, 6) is 0.873. The largest absolute Gasteiger partial charge is 0.300 e. The summed E-state index contributed by atoms with van der Waals surface area (Å²) < 4.78 is 1.81. The zero-order valence-electron chi connectivity index (χ0n) is 7.68. The molecule has 0 amide bonds. The average molecular weight is 179 g/mol. The number of hydrogen-bond donors (Lipinski definition) is 0. The summed E-state index contributed by atoms with van der Waals surface area (Å²) in [5.41, 5.74) is 0. The van der Waals surface area contributed by atoms with Crippen LogP contribution in [0.15, 0.2) is 12.4 Å². The number of nitrogens with zero attached hydrogens (tertiary/aromatic N) is 3. The Balaban J connectivity index is 2.17. The van der Waals surface area contributed by atoms with Gasteiger partial charge in [0.05, 0.1) is 12.2 Å². The van der Waals surface area contributed by atoms with Crippen molar-refractivity contribution in [1.29, 1.82) is 0 Å². The molecule has 1 aliphatic rings. The van der Waals surface area contributed by atoms with Crippen molar-refractivity contribution in [3.05, 3.63) is 12.4 Å². The van der Waals surface area contributed by atoms with Crippen molar-refractivity contribution < 1.29 is 4.79 Å². The molecule has 1 heterocycles. The molecule has 4 nitrogen and oxygen atoms in total. The number of ketones is 1. The van der Waals surface area contributed by atoms with Gasteiger partial charge < -0.3 is 0 Å². The van der Waals surface area contributed by atoms with Gasteiger partial charge in [0, 0.05) is 19.0 Å². The molecule has 70 valence electrons. The second-order valence-corrected chi connectivity index (χ2v) is 3.71. The Kier molecular flexibility index (Phi) is 2.12. The third-order valence-corrected chi connectivity index (χ3v) is 2.75. The highest BCUT2D eigenvalue weighted by molar-refractivity contribution is 5.79. The van der Waals surface area contributed by atoms with Crippen LogP contribution in [-0.4, -0.2) is 20.8 Å². The molecule has 1 fully saturated rings. The Hall–Kier alpha value is -1.19. The summed E-state index contributed by atoms with van der Waals surface area (Å²) >= 11 is 0. The molecule has 0 aromatic carbocycles. The number of rotatable bonds is 1. The van der Waals surface area contributed by atoms with E-state index in [9.17, 15) is 4.79 Å². The standard InChI is InChI=1S/C9H13N3O/c1-7-2-3-8(13)6-9(7)12-5-4-10-11-12/h4-5,7,9H,2-3,6H2,1H3. The molecule has 1 saturated carbocycles. The quantitative estimate of drug-likeness (QED) is 0.651. The van der Waals surface area contributed by atoms with Gasteiger partial charge in [0.15, 0.2) is 0 Å². The van der Waals surface area contributed by atoms with Crippen LogP contribution in [0.25, 0.3) is 0 Å². The minimum absolute atomic E-state index is 0.226. The number of hydrogen-bond acceptors (Lipinski definition) is 3. The van der Waals surface area contributed by atoms with Gasteiger partial charge in [0.1, 0.15) is 5.78 Å². The molecule has 0 aliphatic heterocycles. The predicted octanol–water partition coefficient (Wildman–Crippen LogP) is 1.21. The van der Waals surface area contributed by atoms with Gasteiger partial charge in [-0.05, 0) is 12.3 Å². The SMILES string of the molecule is CC1CCC(=O)CC1n1ccnn1. The molecule has 2 rings (SSSR count). The third-order valence-electron chi connectivity index (χ3n) is 2.75. The molecular formula is C9H13N3O. The zero-order valence-corrected chi connectivity index (χ0v) is 7.68. The van der Waals surface area contributed by atoms with E-state index in [1.807, 2.05) is 10.9 Å². The van der Waals surface area contributed by atoms with Crippen LogP contribution >= 0.6 is 0 Å². The fraction of sp³-hybridized carbons (Fsp3) is 0.667. The smallest absolute Gasteiger partial charge is 0.135 e. The lowest BCUT2D eigenvalue weighted by Crippen LogP contribution is -2.26. The highest BCUT2D eigenvalue weighted by atomic mass is 16.1. The van der Waals surface area contributed by atoms with E-state index in [0.717, 1.165) is 12.8 Å². The second kappa shape index (κ2) is 3.28. The van der Waals surface area contributed by atoms with Gasteiger partial charge in [-0.25, -0.2) is 4.68 Å². The van der Waals surface area contributed by atoms with E-state index in [0.29, 0.717) is 18.1 Å². The topological polar surface area (TPSA) is 47.8 Å². The molecular weight excluding hydrogens is 166 g/mol. The van der Waals surface area contributed by atoms with E-state index in [1.165, 1.54) is 0 Å². The van der Waals surface area contributed by atoms with Gasteiger partial charge in [-0.15, -0.1) is 5.10 Å². The van der Waals surface area contributed by atoms with E-state index in [4.69, 9.17) is 0 Å². The van der Waals surface area contributed by atoms with Gasteiger partial charge in [-0.1, -0.05) is 12.1 Å². The first-order valence-electron chi connectivity index (χ1n) is 4.65. The number of Topliss-reactive ketones (excluding diaryl/α,β-unsaturated/α-hetero) is 1. The summed E-state index contributed by atoms with van der Waals surface area (Å²) in [5, 5.41) is 7.70.